The van der Waals surface area contributed by atoms with Crippen molar-refractivity contribution in [3.05, 3.63) is 72.9 Å². The van der Waals surface area contributed by atoms with Crippen molar-refractivity contribution >= 4 is 23.5 Å². The lowest BCUT2D eigenvalue weighted by atomic mass is 10.0. The van der Waals surface area contributed by atoms with Crippen molar-refractivity contribution in [3.8, 4) is 22.5 Å². The van der Waals surface area contributed by atoms with Crippen LogP contribution in [0.5, 0.6) is 0 Å². The summed E-state index contributed by atoms with van der Waals surface area (Å²) in [5, 5.41) is 16.0. The number of amides is 1. The van der Waals surface area contributed by atoms with Gasteiger partial charge in [0.15, 0.2) is 0 Å². The first kappa shape index (κ1) is 21.7. The molecule has 0 saturated heterocycles. The van der Waals surface area contributed by atoms with Gasteiger partial charge in [0, 0.05) is 23.2 Å². The van der Waals surface area contributed by atoms with Crippen LogP contribution in [0.3, 0.4) is 0 Å². The normalized spacial score (nSPS) is 12.0. The molecule has 2 aromatic carbocycles. The predicted molar refractivity (Wildman–Crippen MR) is 127 cm³/mol. The average molecular weight is 445 g/mol. The second-order valence-electron chi connectivity index (χ2n) is 7.53. The van der Waals surface area contributed by atoms with E-state index in [0.29, 0.717) is 16.7 Å². The zero-order valence-corrected chi connectivity index (χ0v) is 19.0. The molecule has 0 bridgehead atoms. The third-order valence-electron chi connectivity index (χ3n) is 4.82. The molecule has 4 aromatic rings. The Labute approximate surface area is 191 Å². The molecule has 0 radical (unpaired) electrons. The highest BCUT2D eigenvalue weighted by Crippen LogP contribution is 2.30. The summed E-state index contributed by atoms with van der Waals surface area (Å²) in [4.78, 5) is 17.6. The molecule has 0 aliphatic carbocycles. The van der Waals surface area contributed by atoms with Gasteiger partial charge in [-0.2, -0.15) is 5.10 Å². The molecule has 1 amide bonds. The topological polar surface area (TPSA) is 85.6 Å². The Morgan fingerprint density at radius 3 is 2.12 bits per heavy atom. The van der Waals surface area contributed by atoms with Gasteiger partial charge in [-0.15, -0.1) is 10.2 Å². The summed E-state index contributed by atoms with van der Waals surface area (Å²) in [6.07, 6.45) is 1.68. The van der Waals surface area contributed by atoms with Gasteiger partial charge in [0.05, 0.1) is 11.4 Å². The SMILES string of the molecule is CC(C)n1nccc1NC(=O)[C@H](C)Sc1nnc(-c2ccccc2)c(-c2ccccc2)n1. The number of anilines is 1. The fourth-order valence-electron chi connectivity index (χ4n) is 3.21. The third-order valence-corrected chi connectivity index (χ3v) is 5.78. The summed E-state index contributed by atoms with van der Waals surface area (Å²) in [5.74, 6) is 0.523. The van der Waals surface area contributed by atoms with Crippen LogP contribution >= 0.6 is 11.8 Å². The smallest absolute Gasteiger partial charge is 0.238 e. The lowest BCUT2D eigenvalue weighted by Crippen LogP contribution is -2.24. The summed E-state index contributed by atoms with van der Waals surface area (Å²) in [7, 11) is 0. The molecule has 162 valence electrons. The molecule has 0 aliphatic rings. The van der Waals surface area contributed by atoms with E-state index in [9.17, 15) is 4.79 Å². The van der Waals surface area contributed by atoms with Crippen LogP contribution in [0, 0.1) is 0 Å². The Kier molecular flexibility index (Phi) is 6.61. The second-order valence-corrected chi connectivity index (χ2v) is 8.84. The van der Waals surface area contributed by atoms with Gasteiger partial charge < -0.3 is 5.32 Å². The molecule has 2 aromatic heterocycles. The molecule has 0 fully saturated rings. The van der Waals surface area contributed by atoms with Crippen LogP contribution in [0.1, 0.15) is 26.8 Å². The third kappa shape index (κ3) is 4.86. The van der Waals surface area contributed by atoms with Gasteiger partial charge in [0.1, 0.15) is 17.2 Å². The van der Waals surface area contributed by atoms with Crippen LogP contribution in [-0.4, -0.2) is 36.1 Å². The van der Waals surface area contributed by atoms with Crippen LogP contribution in [0.2, 0.25) is 0 Å². The van der Waals surface area contributed by atoms with Gasteiger partial charge in [-0.3, -0.25) is 4.79 Å². The second kappa shape index (κ2) is 9.74. The highest BCUT2D eigenvalue weighted by Gasteiger charge is 2.20. The first-order chi connectivity index (χ1) is 15.5. The standard InChI is InChI=1S/C24H24N6OS/c1-16(2)30-20(14-15-25-30)26-23(31)17(3)32-24-27-21(18-10-6-4-7-11-18)22(28-29-24)19-12-8-5-9-13-19/h4-17H,1-3H3,(H,26,31)/t17-/m0/s1. The number of carbonyl (C=O) groups is 1. The van der Waals surface area contributed by atoms with E-state index in [4.69, 9.17) is 4.98 Å². The molecule has 0 unspecified atom stereocenters. The number of hydrogen-bond acceptors (Lipinski definition) is 6. The van der Waals surface area contributed by atoms with E-state index in [1.54, 1.807) is 16.9 Å². The molecule has 32 heavy (non-hydrogen) atoms. The zero-order chi connectivity index (χ0) is 22.5. The van der Waals surface area contributed by atoms with Crippen LogP contribution < -0.4 is 5.32 Å². The first-order valence-electron chi connectivity index (χ1n) is 10.4. The summed E-state index contributed by atoms with van der Waals surface area (Å²) in [6.45, 7) is 5.85. The fraction of sp³-hybridized carbons (Fsp3) is 0.208. The predicted octanol–water partition coefficient (Wildman–Crippen LogP) is 5.10. The molecule has 8 heteroatoms. The lowest BCUT2D eigenvalue weighted by molar-refractivity contribution is -0.115. The Balaban J connectivity index is 1.59. The molecule has 0 aliphatic heterocycles. The van der Waals surface area contributed by atoms with E-state index in [0.717, 1.165) is 16.8 Å². The minimum Gasteiger partial charge on any atom is -0.310 e. The number of nitrogens with zero attached hydrogens (tertiary/aromatic N) is 5. The number of nitrogens with one attached hydrogen (secondary N) is 1. The number of hydrogen-bond donors (Lipinski definition) is 1. The van der Waals surface area contributed by atoms with Crippen molar-refractivity contribution in [1.82, 2.24) is 25.0 Å². The summed E-state index contributed by atoms with van der Waals surface area (Å²) in [5.41, 5.74) is 3.33. The van der Waals surface area contributed by atoms with Gasteiger partial charge >= 0.3 is 0 Å². The van der Waals surface area contributed by atoms with Crippen LogP contribution in [0.15, 0.2) is 78.1 Å². The zero-order valence-electron chi connectivity index (χ0n) is 18.1. The van der Waals surface area contributed by atoms with E-state index in [1.807, 2.05) is 81.4 Å². The molecule has 1 N–H and O–H groups in total. The molecule has 7 nitrogen and oxygen atoms in total. The highest BCUT2D eigenvalue weighted by atomic mass is 32.2. The monoisotopic (exact) mass is 444 g/mol. The quantitative estimate of drug-likeness (QED) is 0.399. The number of carbonyl (C=O) groups excluding carboxylic acids is 1. The summed E-state index contributed by atoms with van der Waals surface area (Å²) in [6, 6.07) is 21.7. The molecule has 0 saturated carbocycles. The van der Waals surface area contributed by atoms with Gasteiger partial charge in [-0.1, -0.05) is 72.4 Å². The molecule has 2 heterocycles. The Morgan fingerprint density at radius 1 is 0.875 bits per heavy atom. The van der Waals surface area contributed by atoms with E-state index in [1.165, 1.54) is 11.8 Å². The number of thioether (sulfide) groups is 1. The van der Waals surface area contributed by atoms with E-state index >= 15 is 0 Å². The molecule has 0 spiro atoms. The molecule has 4 rings (SSSR count). The largest absolute Gasteiger partial charge is 0.310 e. The number of benzene rings is 2. The number of rotatable bonds is 7. The molecular formula is C24H24N6OS. The summed E-state index contributed by atoms with van der Waals surface area (Å²) >= 11 is 1.27. The molecule has 1 atom stereocenters. The van der Waals surface area contributed by atoms with Crippen LogP contribution in [0.4, 0.5) is 5.82 Å². The van der Waals surface area contributed by atoms with Gasteiger partial charge in [-0.25, -0.2) is 9.67 Å². The maximum atomic E-state index is 12.8. The van der Waals surface area contributed by atoms with Crippen LogP contribution in [-0.2, 0) is 4.79 Å². The maximum absolute atomic E-state index is 12.8. The number of aromatic nitrogens is 5. The van der Waals surface area contributed by atoms with Gasteiger partial charge in [0.25, 0.3) is 0 Å². The van der Waals surface area contributed by atoms with Crippen LogP contribution in [0.25, 0.3) is 22.5 Å². The van der Waals surface area contributed by atoms with Crippen molar-refractivity contribution < 1.29 is 4.79 Å². The van der Waals surface area contributed by atoms with Crippen molar-refractivity contribution in [2.24, 2.45) is 0 Å². The van der Waals surface area contributed by atoms with Crippen molar-refractivity contribution in [3.63, 3.8) is 0 Å². The minimum absolute atomic E-state index is 0.144. The minimum atomic E-state index is -0.418. The van der Waals surface area contributed by atoms with Crippen molar-refractivity contribution in [1.29, 1.82) is 0 Å². The Hall–Kier alpha value is -3.52. The first-order valence-corrected chi connectivity index (χ1v) is 11.3. The average Bonchev–Trinajstić information content (AvgIpc) is 3.28. The fourth-order valence-corrected chi connectivity index (χ4v) is 3.93. The maximum Gasteiger partial charge on any atom is 0.238 e. The summed E-state index contributed by atoms with van der Waals surface area (Å²) < 4.78 is 1.77. The van der Waals surface area contributed by atoms with Crippen molar-refractivity contribution in [2.75, 3.05) is 5.32 Å². The molecular weight excluding hydrogens is 420 g/mol. The van der Waals surface area contributed by atoms with E-state index in [2.05, 4.69) is 20.6 Å². The van der Waals surface area contributed by atoms with E-state index < -0.39 is 5.25 Å². The van der Waals surface area contributed by atoms with Crippen molar-refractivity contribution in [2.45, 2.75) is 37.2 Å². The highest BCUT2D eigenvalue weighted by molar-refractivity contribution is 8.00. The Morgan fingerprint density at radius 2 is 1.50 bits per heavy atom. The Bertz CT molecular complexity index is 1190. The lowest BCUT2D eigenvalue weighted by Gasteiger charge is -2.15. The van der Waals surface area contributed by atoms with Gasteiger partial charge in [0.2, 0.25) is 11.1 Å². The van der Waals surface area contributed by atoms with Gasteiger partial charge in [-0.05, 0) is 20.8 Å². The van der Waals surface area contributed by atoms with E-state index in [-0.39, 0.29) is 11.9 Å².